The lowest BCUT2D eigenvalue weighted by atomic mass is 10.2. The molecule has 26 heavy (non-hydrogen) atoms. The Balaban J connectivity index is 1.56. The molecule has 3 aromatic rings. The molecule has 0 amide bonds. The zero-order valence-electron chi connectivity index (χ0n) is 14.7. The third-order valence-electron chi connectivity index (χ3n) is 3.24. The number of hydrogen-bond acceptors (Lipinski definition) is 10. The van der Waals surface area contributed by atoms with Crippen LogP contribution in [0.4, 0.5) is 11.9 Å². The van der Waals surface area contributed by atoms with Gasteiger partial charge in [-0.3, -0.25) is 0 Å². The van der Waals surface area contributed by atoms with Gasteiger partial charge in [-0.2, -0.15) is 15.0 Å². The minimum atomic E-state index is 0.178. The summed E-state index contributed by atoms with van der Waals surface area (Å²) in [5.74, 6) is 2.82. The Labute approximate surface area is 155 Å². The monoisotopic (exact) mass is 373 g/mol. The van der Waals surface area contributed by atoms with E-state index in [1.54, 1.807) is 4.90 Å². The number of thioether (sulfide) groups is 1. The highest BCUT2D eigenvalue weighted by Crippen LogP contribution is 2.21. The maximum absolute atomic E-state index is 5.71. The molecule has 0 saturated heterocycles. The number of aryl methyl sites for hydroxylation is 1. The molecule has 0 aliphatic heterocycles. The normalized spacial score (nSPS) is 10.7. The molecule has 0 atom stereocenters. The van der Waals surface area contributed by atoms with E-state index in [4.69, 9.17) is 14.9 Å². The van der Waals surface area contributed by atoms with E-state index in [1.165, 1.54) is 17.3 Å². The lowest BCUT2D eigenvalue weighted by molar-refractivity contribution is 0.252. The van der Waals surface area contributed by atoms with E-state index in [1.807, 2.05) is 45.3 Å². The molecule has 9 nitrogen and oxygen atoms in total. The molecule has 2 N–H and O–H groups in total. The van der Waals surface area contributed by atoms with E-state index in [-0.39, 0.29) is 12.6 Å². The van der Waals surface area contributed by atoms with Crippen molar-refractivity contribution in [2.75, 3.05) is 24.7 Å². The summed E-state index contributed by atoms with van der Waals surface area (Å²) in [6.07, 6.45) is 0. The van der Waals surface area contributed by atoms with Crippen molar-refractivity contribution in [3.05, 3.63) is 41.5 Å². The Bertz CT molecular complexity index is 867. The summed E-state index contributed by atoms with van der Waals surface area (Å²) in [5.41, 5.74) is 6.88. The number of nitrogens with zero attached hydrogens (tertiary/aromatic N) is 6. The van der Waals surface area contributed by atoms with Crippen LogP contribution in [0.25, 0.3) is 0 Å². The molecule has 0 saturated carbocycles. The largest absolute Gasteiger partial charge is 0.484 e. The Hall–Kier alpha value is -2.88. The molecule has 0 aliphatic rings. The summed E-state index contributed by atoms with van der Waals surface area (Å²) in [5, 5.41) is 8.38. The number of nitrogens with two attached hydrogens (primary N) is 1. The van der Waals surface area contributed by atoms with Crippen molar-refractivity contribution >= 4 is 23.7 Å². The van der Waals surface area contributed by atoms with Crippen LogP contribution in [0.5, 0.6) is 5.75 Å². The highest BCUT2D eigenvalue weighted by atomic mass is 32.2. The average molecular weight is 373 g/mol. The zero-order chi connectivity index (χ0) is 18.5. The number of benzene rings is 1. The van der Waals surface area contributed by atoms with Gasteiger partial charge >= 0.3 is 0 Å². The second-order valence-electron chi connectivity index (χ2n) is 5.66. The number of hydrogen-bond donors (Lipinski definition) is 1. The van der Waals surface area contributed by atoms with Crippen LogP contribution in [0.1, 0.15) is 17.3 Å². The summed E-state index contributed by atoms with van der Waals surface area (Å²) in [7, 11) is 3.67. The highest BCUT2D eigenvalue weighted by molar-refractivity contribution is 7.98. The summed E-state index contributed by atoms with van der Waals surface area (Å²) in [4.78, 5) is 14.3. The quantitative estimate of drug-likeness (QED) is 0.617. The maximum atomic E-state index is 5.71. The fourth-order valence-electron chi connectivity index (χ4n) is 1.95. The molecule has 0 aliphatic carbocycles. The number of rotatable bonds is 7. The van der Waals surface area contributed by atoms with Crippen LogP contribution in [0, 0.1) is 6.92 Å². The molecular formula is C16H19N7O2S. The maximum Gasteiger partial charge on any atom is 0.277 e. The van der Waals surface area contributed by atoms with Gasteiger partial charge in [0.2, 0.25) is 11.9 Å². The Morgan fingerprint density at radius 1 is 1.12 bits per heavy atom. The van der Waals surface area contributed by atoms with Gasteiger partial charge < -0.3 is 19.8 Å². The first-order valence-electron chi connectivity index (χ1n) is 7.82. The topological polar surface area (TPSA) is 116 Å². The molecule has 136 valence electrons. The Morgan fingerprint density at radius 3 is 2.62 bits per heavy atom. The van der Waals surface area contributed by atoms with Gasteiger partial charge in [-0.05, 0) is 19.1 Å². The van der Waals surface area contributed by atoms with Crippen molar-refractivity contribution in [3.63, 3.8) is 0 Å². The van der Waals surface area contributed by atoms with Crippen LogP contribution < -0.4 is 15.4 Å². The van der Waals surface area contributed by atoms with Gasteiger partial charge in [0.15, 0.2) is 6.61 Å². The van der Waals surface area contributed by atoms with E-state index < -0.39 is 0 Å². The van der Waals surface area contributed by atoms with Gasteiger partial charge in [-0.25, -0.2) is 0 Å². The number of aromatic nitrogens is 5. The van der Waals surface area contributed by atoms with Crippen LogP contribution >= 0.6 is 11.8 Å². The predicted molar refractivity (Wildman–Crippen MR) is 97.9 cm³/mol. The molecule has 10 heteroatoms. The standard InChI is InChI=1S/C16H19N7O2S/c1-10-4-6-11(7-5-10)24-8-13-21-22-16(25-13)26-9-12-18-14(17)20-15(19-12)23(2)3/h4-7H,8-9H2,1-3H3,(H2,17,18,19,20). The number of ether oxygens (including phenoxy) is 1. The summed E-state index contributed by atoms with van der Waals surface area (Å²) in [6, 6.07) is 7.75. The molecule has 2 aromatic heterocycles. The Kier molecular flexibility index (Phi) is 5.52. The summed E-state index contributed by atoms with van der Waals surface area (Å²) < 4.78 is 11.2. The molecule has 0 bridgehead atoms. The van der Waals surface area contributed by atoms with E-state index in [2.05, 4.69) is 25.1 Å². The first-order chi connectivity index (χ1) is 12.5. The minimum Gasteiger partial charge on any atom is -0.484 e. The number of anilines is 2. The summed E-state index contributed by atoms with van der Waals surface area (Å²) in [6.45, 7) is 2.23. The van der Waals surface area contributed by atoms with Gasteiger partial charge in [0.05, 0.1) is 5.75 Å². The van der Waals surface area contributed by atoms with Gasteiger partial charge in [0.1, 0.15) is 11.6 Å². The van der Waals surface area contributed by atoms with Crippen LogP contribution in [0.3, 0.4) is 0 Å². The molecule has 0 unspecified atom stereocenters. The minimum absolute atomic E-state index is 0.178. The molecule has 0 radical (unpaired) electrons. The van der Waals surface area contributed by atoms with Crippen LogP contribution in [-0.2, 0) is 12.4 Å². The fourth-order valence-corrected chi connectivity index (χ4v) is 2.59. The zero-order valence-corrected chi connectivity index (χ0v) is 15.5. The predicted octanol–water partition coefficient (Wildman–Crippen LogP) is 2.08. The third kappa shape index (κ3) is 4.82. The molecular weight excluding hydrogens is 354 g/mol. The third-order valence-corrected chi connectivity index (χ3v) is 4.06. The van der Waals surface area contributed by atoms with Gasteiger partial charge in [0.25, 0.3) is 11.1 Å². The second kappa shape index (κ2) is 8.00. The van der Waals surface area contributed by atoms with E-state index in [9.17, 15) is 0 Å². The van der Waals surface area contributed by atoms with Crippen LogP contribution in [-0.4, -0.2) is 39.2 Å². The Morgan fingerprint density at radius 2 is 1.88 bits per heavy atom. The summed E-state index contributed by atoms with van der Waals surface area (Å²) >= 11 is 1.32. The fraction of sp³-hybridized carbons (Fsp3) is 0.312. The lowest BCUT2D eigenvalue weighted by Crippen LogP contribution is -2.15. The van der Waals surface area contributed by atoms with Crippen molar-refractivity contribution in [3.8, 4) is 5.75 Å². The van der Waals surface area contributed by atoms with Crippen molar-refractivity contribution in [2.45, 2.75) is 24.5 Å². The van der Waals surface area contributed by atoms with Gasteiger partial charge in [0, 0.05) is 14.1 Å². The van der Waals surface area contributed by atoms with Crippen molar-refractivity contribution in [1.29, 1.82) is 0 Å². The number of nitrogen functional groups attached to an aromatic ring is 1. The van der Waals surface area contributed by atoms with Crippen LogP contribution in [0.15, 0.2) is 33.9 Å². The highest BCUT2D eigenvalue weighted by Gasteiger charge is 2.11. The van der Waals surface area contributed by atoms with Gasteiger partial charge in [-0.15, -0.1) is 10.2 Å². The van der Waals surface area contributed by atoms with Crippen molar-refractivity contribution in [1.82, 2.24) is 25.1 Å². The SMILES string of the molecule is Cc1ccc(OCc2nnc(SCc3nc(N)nc(N(C)C)n3)o2)cc1. The van der Waals surface area contributed by atoms with Crippen molar-refractivity contribution in [2.24, 2.45) is 0 Å². The average Bonchev–Trinajstić information content (AvgIpc) is 3.07. The first-order valence-corrected chi connectivity index (χ1v) is 8.80. The molecule has 1 aromatic carbocycles. The van der Waals surface area contributed by atoms with E-state index >= 15 is 0 Å². The molecule has 0 fully saturated rings. The van der Waals surface area contributed by atoms with Gasteiger partial charge in [-0.1, -0.05) is 29.5 Å². The molecule has 2 heterocycles. The second-order valence-corrected chi connectivity index (χ2v) is 6.58. The van der Waals surface area contributed by atoms with E-state index in [0.29, 0.717) is 28.6 Å². The smallest absolute Gasteiger partial charge is 0.277 e. The first kappa shape index (κ1) is 17.9. The van der Waals surface area contributed by atoms with Crippen molar-refractivity contribution < 1.29 is 9.15 Å². The van der Waals surface area contributed by atoms with E-state index in [0.717, 1.165) is 5.75 Å². The molecule has 0 spiro atoms. The molecule has 3 rings (SSSR count). The van der Waals surface area contributed by atoms with Crippen LogP contribution in [0.2, 0.25) is 0 Å². The lowest BCUT2D eigenvalue weighted by Gasteiger charge is -2.10.